The van der Waals surface area contributed by atoms with E-state index < -0.39 is 6.04 Å². The topological polar surface area (TPSA) is 61.8 Å². The number of piperidine rings is 1. The van der Waals surface area contributed by atoms with Crippen LogP contribution in [0.4, 0.5) is 0 Å². The maximum Gasteiger partial charge on any atom is 0.239 e. The number of amides is 1. The van der Waals surface area contributed by atoms with Crippen molar-refractivity contribution >= 4 is 17.5 Å². The van der Waals surface area contributed by atoms with Gasteiger partial charge in [-0.15, -0.1) is 0 Å². The van der Waals surface area contributed by atoms with E-state index >= 15 is 0 Å². The fourth-order valence-corrected chi connectivity index (χ4v) is 5.12. The molecule has 1 saturated heterocycles. The number of aromatic hydroxyl groups is 1. The van der Waals surface area contributed by atoms with Gasteiger partial charge in [0.1, 0.15) is 5.75 Å². The number of rotatable bonds is 7. The minimum absolute atomic E-state index is 0.0731. The van der Waals surface area contributed by atoms with E-state index in [2.05, 4.69) is 24.9 Å². The smallest absolute Gasteiger partial charge is 0.239 e. The first-order valence-electron chi connectivity index (χ1n) is 12.1. The Labute approximate surface area is 212 Å². The molecular formula is C29H33ClN2O3. The molecule has 5 nitrogen and oxygen atoms in total. The number of hydrogen-bond donors (Lipinski definition) is 2. The monoisotopic (exact) mass is 492 g/mol. The van der Waals surface area contributed by atoms with Crippen molar-refractivity contribution in [3.63, 3.8) is 0 Å². The Hall–Kier alpha value is -2.86. The van der Waals surface area contributed by atoms with Crippen LogP contribution >= 0.6 is 11.6 Å². The second-order valence-corrected chi connectivity index (χ2v) is 9.75. The summed E-state index contributed by atoms with van der Waals surface area (Å²) < 4.78 is 6.25. The lowest BCUT2D eigenvalue weighted by Gasteiger charge is -2.41. The molecule has 1 amide bonds. The van der Waals surface area contributed by atoms with E-state index in [1.165, 1.54) is 11.1 Å². The van der Waals surface area contributed by atoms with Gasteiger partial charge in [0.25, 0.3) is 0 Å². The van der Waals surface area contributed by atoms with E-state index in [1.54, 1.807) is 18.2 Å². The van der Waals surface area contributed by atoms with Crippen molar-refractivity contribution in [2.75, 3.05) is 19.7 Å². The third kappa shape index (κ3) is 5.53. The SMILES string of the molecule is C=C/C=C\C1=C(C)C2(CCN(C(=O)[C@@H](C)NC(c3ccc(O)cc3)c3ccc(Cl)cc3)CC2)OC1. The van der Waals surface area contributed by atoms with Gasteiger partial charge in [0.2, 0.25) is 5.91 Å². The van der Waals surface area contributed by atoms with Crippen LogP contribution in [-0.4, -0.2) is 47.3 Å². The van der Waals surface area contributed by atoms with Crippen LogP contribution in [0.1, 0.15) is 43.9 Å². The van der Waals surface area contributed by atoms with Gasteiger partial charge in [0.05, 0.1) is 24.3 Å². The Morgan fingerprint density at radius 1 is 1.14 bits per heavy atom. The molecule has 0 aliphatic carbocycles. The van der Waals surface area contributed by atoms with Gasteiger partial charge in [-0.1, -0.05) is 60.7 Å². The molecule has 4 rings (SSSR count). The Bertz CT molecular complexity index is 1070. The maximum atomic E-state index is 13.4. The van der Waals surface area contributed by atoms with E-state index in [4.69, 9.17) is 16.3 Å². The Morgan fingerprint density at radius 3 is 2.34 bits per heavy atom. The fourth-order valence-electron chi connectivity index (χ4n) is 4.99. The lowest BCUT2D eigenvalue weighted by molar-refractivity contribution is -0.137. The van der Waals surface area contributed by atoms with Crippen LogP contribution in [0.5, 0.6) is 5.75 Å². The van der Waals surface area contributed by atoms with Crippen LogP contribution in [-0.2, 0) is 9.53 Å². The first-order chi connectivity index (χ1) is 16.8. The summed E-state index contributed by atoms with van der Waals surface area (Å²) in [7, 11) is 0. The summed E-state index contributed by atoms with van der Waals surface area (Å²) in [5.74, 6) is 0.278. The highest BCUT2D eigenvalue weighted by Crippen LogP contribution is 2.40. The molecule has 1 spiro atoms. The number of halogens is 1. The molecule has 2 aliphatic heterocycles. The molecule has 0 bridgehead atoms. The van der Waals surface area contributed by atoms with Crippen molar-refractivity contribution in [2.45, 2.75) is 44.4 Å². The third-order valence-corrected chi connectivity index (χ3v) is 7.45. The van der Waals surface area contributed by atoms with Gasteiger partial charge in [-0.3, -0.25) is 10.1 Å². The van der Waals surface area contributed by atoms with Gasteiger partial charge >= 0.3 is 0 Å². The summed E-state index contributed by atoms with van der Waals surface area (Å²) in [4.78, 5) is 15.4. The Kier molecular flexibility index (Phi) is 7.80. The zero-order chi connectivity index (χ0) is 25.0. The van der Waals surface area contributed by atoms with Gasteiger partial charge < -0.3 is 14.7 Å². The number of benzene rings is 2. The number of phenolic OH excluding ortho intramolecular Hbond substituents is 1. The van der Waals surface area contributed by atoms with Crippen molar-refractivity contribution in [2.24, 2.45) is 0 Å². The summed E-state index contributed by atoms with van der Waals surface area (Å²) in [6, 6.07) is 14.1. The van der Waals surface area contributed by atoms with Gasteiger partial charge in [-0.25, -0.2) is 0 Å². The van der Waals surface area contributed by atoms with Crippen LogP contribution < -0.4 is 5.32 Å². The molecule has 35 heavy (non-hydrogen) atoms. The number of allylic oxidation sites excluding steroid dienone is 2. The highest BCUT2D eigenvalue weighted by atomic mass is 35.5. The minimum atomic E-state index is -0.397. The molecule has 2 aromatic rings. The van der Waals surface area contributed by atoms with E-state index in [0.717, 1.165) is 24.0 Å². The molecule has 2 heterocycles. The van der Waals surface area contributed by atoms with Crippen molar-refractivity contribution < 1.29 is 14.6 Å². The molecule has 2 atom stereocenters. The molecule has 2 N–H and O–H groups in total. The molecule has 1 fully saturated rings. The highest BCUT2D eigenvalue weighted by molar-refractivity contribution is 6.30. The summed E-state index contributed by atoms with van der Waals surface area (Å²) in [6.45, 7) is 9.72. The number of carbonyl (C=O) groups is 1. The molecule has 0 radical (unpaired) electrons. The predicted octanol–water partition coefficient (Wildman–Crippen LogP) is 5.56. The summed E-state index contributed by atoms with van der Waals surface area (Å²) in [5.41, 5.74) is 4.16. The third-order valence-electron chi connectivity index (χ3n) is 7.20. The molecule has 1 unspecified atom stereocenters. The largest absolute Gasteiger partial charge is 0.508 e. The maximum absolute atomic E-state index is 13.4. The second-order valence-electron chi connectivity index (χ2n) is 9.32. The van der Waals surface area contributed by atoms with Crippen LogP contribution in [0.2, 0.25) is 5.02 Å². The number of nitrogens with zero attached hydrogens (tertiary/aromatic N) is 1. The van der Waals surface area contributed by atoms with Crippen LogP contribution in [0.25, 0.3) is 0 Å². The number of carbonyl (C=O) groups excluding carboxylic acids is 1. The number of nitrogens with one attached hydrogen (secondary N) is 1. The van der Waals surface area contributed by atoms with Crippen molar-refractivity contribution in [3.05, 3.63) is 101 Å². The lowest BCUT2D eigenvalue weighted by atomic mass is 9.84. The number of likely N-dealkylation sites (tertiary alicyclic amines) is 1. The molecule has 2 aromatic carbocycles. The molecule has 184 valence electrons. The van der Waals surface area contributed by atoms with E-state index in [0.29, 0.717) is 24.7 Å². The van der Waals surface area contributed by atoms with E-state index in [-0.39, 0.29) is 23.3 Å². The minimum Gasteiger partial charge on any atom is -0.508 e. The fraction of sp³-hybridized carbons (Fsp3) is 0.345. The van der Waals surface area contributed by atoms with Gasteiger partial charge in [-0.2, -0.15) is 0 Å². The zero-order valence-corrected chi connectivity index (χ0v) is 21.1. The normalized spacial score (nSPS) is 19.3. The quantitative estimate of drug-likeness (QED) is 0.496. The first-order valence-corrected chi connectivity index (χ1v) is 12.4. The van der Waals surface area contributed by atoms with Gasteiger partial charge in [0.15, 0.2) is 0 Å². The lowest BCUT2D eigenvalue weighted by Crippen LogP contribution is -2.52. The molecular weight excluding hydrogens is 460 g/mol. The predicted molar refractivity (Wildman–Crippen MR) is 141 cm³/mol. The molecule has 0 aromatic heterocycles. The standard InChI is InChI=1S/C29H33ClN2O3/c1-4-5-6-24-19-35-29(20(24)2)15-17-32(18-16-29)28(34)21(3)31-27(22-7-11-25(30)12-8-22)23-9-13-26(33)14-10-23/h4-14,21,27,31,33H,1,15-19H2,2-3H3/b6-5-/t21-,27?/m1/s1. The molecule has 0 saturated carbocycles. The first kappa shape index (κ1) is 25.2. The van der Waals surface area contributed by atoms with Gasteiger partial charge in [0, 0.05) is 18.1 Å². The average molecular weight is 493 g/mol. The summed E-state index contributed by atoms with van der Waals surface area (Å²) in [5, 5.41) is 13.9. The average Bonchev–Trinajstić information content (AvgIpc) is 3.17. The zero-order valence-electron chi connectivity index (χ0n) is 20.3. The molecule has 2 aliphatic rings. The number of phenols is 1. The number of hydrogen-bond acceptors (Lipinski definition) is 4. The van der Waals surface area contributed by atoms with Crippen molar-refractivity contribution in [3.8, 4) is 5.75 Å². The van der Waals surface area contributed by atoms with Crippen LogP contribution in [0.3, 0.4) is 0 Å². The summed E-state index contributed by atoms with van der Waals surface area (Å²) in [6.07, 6.45) is 7.37. The van der Waals surface area contributed by atoms with E-state index in [9.17, 15) is 9.90 Å². The van der Waals surface area contributed by atoms with Crippen molar-refractivity contribution in [1.82, 2.24) is 10.2 Å². The van der Waals surface area contributed by atoms with Crippen LogP contribution in [0, 0.1) is 0 Å². The van der Waals surface area contributed by atoms with Crippen LogP contribution in [0.15, 0.2) is 84.5 Å². The Balaban J connectivity index is 1.45. The summed E-state index contributed by atoms with van der Waals surface area (Å²) >= 11 is 6.10. The number of ether oxygens (including phenoxy) is 1. The molecule has 6 heteroatoms. The highest BCUT2D eigenvalue weighted by Gasteiger charge is 2.43. The van der Waals surface area contributed by atoms with Crippen molar-refractivity contribution in [1.29, 1.82) is 0 Å². The van der Waals surface area contributed by atoms with E-state index in [1.807, 2.05) is 54.3 Å². The second kappa shape index (κ2) is 10.8. The Morgan fingerprint density at radius 2 is 1.74 bits per heavy atom. The van der Waals surface area contributed by atoms with Gasteiger partial charge in [-0.05, 0) is 73.2 Å².